The molecule has 1 rings (SSSR count). The van der Waals surface area contributed by atoms with Crippen molar-refractivity contribution in [3.05, 3.63) is 0 Å². The second kappa shape index (κ2) is 2.76. The van der Waals surface area contributed by atoms with Crippen molar-refractivity contribution in [3.8, 4) is 0 Å². The maximum Gasteiger partial charge on any atom is 0.176 e. The Balaban J connectivity index is 2.51. The molecule has 0 radical (unpaired) electrons. The van der Waals surface area contributed by atoms with Gasteiger partial charge in [-0.3, -0.25) is 4.79 Å². The second-order valence-electron chi connectivity index (χ2n) is 2.46. The summed E-state index contributed by atoms with van der Waals surface area (Å²) >= 11 is 0. The fourth-order valence-corrected chi connectivity index (χ4v) is 1.05. The number of ketones is 1. The molecule has 0 aromatic heterocycles. The van der Waals surface area contributed by atoms with Gasteiger partial charge >= 0.3 is 0 Å². The Morgan fingerprint density at radius 1 is 1.11 bits per heavy atom. The maximum atomic E-state index is 10.8. The van der Waals surface area contributed by atoms with Crippen LogP contribution in [0.5, 0.6) is 0 Å². The summed E-state index contributed by atoms with van der Waals surface area (Å²) in [5, 5.41) is 7.19. The average molecular weight is 125 g/mol. The third kappa shape index (κ3) is 1.63. The molecule has 1 fully saturated rings. The Morgan fingerprint density at radius 2 is 1.78 bits per heavy atom. The summed E-state index contributed by atoms with van der Waals surface area (Å²) in [6.45, 7) is 0. The van der Waals surface area contributed by atoms with Crippen LogP contribution < -0.4 is 0 Å². The number of rotatable bonds is 0. The zero-order valence-corrected chi connectivity index (χ0v) is 5.44. The molecule has 0 bridgehead atoms. The van der Waals surface area contributed by atoms with Crippen LogP contribution in [0.25, 0.3) is 0 Å². The standard InChI is InChI=1S/C7H11NO/c8-6-4-2-1-3-5-7(6)9/h8H,1-5H2. The van der Waals surface area contributed by atoms with Gasteiger partial charge in [0.15, 0.2) is 5.78 Å². The van der Waals surface area contributed by atoms with E-state index in [1.54, 1.807) is 0 Å². The van der Waals surface area contributed by atoms with E-state index in [0.717, 1.165) is 19.3 Å². The first-order chi connectivity index (χ1) is 4.30. The molecule has 0 atom stereocenters. The molecule has 2 nitrogen and oxygen atoms in total. The van der Waals surface area contributed by atoms with Crippen LogP contribution in [0.2, 0.25) is 0 Å². The van der Waals surface area contributed by atoms with Crippen molar-refractivity contribution >= 4 is 11.5 Å². The smallest absolute Gasteiger partial charge is 0.176 e. The second-order valence-corrected chi connectivity index (χ2v) is 2.46. The fourth-order valence-electron chi connectivity index (χ4n) is 1.05. The quantitative estimate of drug-likeness (QED) is 0.490. The highest BCUT2D eigenvalue weighted by atomic mass is 16.1. The van der Waals surface area contributed by atoms with Gasteiger partial charge in [0.2, 0.25) is 0 Å². The van der Waals surface area contributed by atoms with Gasteiger partial charge < -0.3 is 5.41 Å². The number of hydrogen-bond acceptors (Lipinski definition) is 2. The summed E-state index contributed by atoms with van der Waals surface area (Å²) in [5.74, 6) is 0.0625. The van der Waals surface area contributed by atoms with Gasteiger partial charge in [-0.15, -0.1) is 0 Å². The van der Waals surface area contributed by atoms with E-state index in [4.69, 9.17) is 5.41 Å². The van der Waals surface area contributed by atoms with Crippen LogP contribution in [-0.2, 0) is 4.79 Å². The highest BCUT2D eigenvalue weighted by Crippen LogP contribution is 2.10. The van der Waals surface area contributed by atoms with E-state index in [2.05, 4.69) is 0 Å². The molecule has 1 N–H and O–H groups in total. The topological polar surface area (TPSA) is 40.9 Å². The van der Waals surface area contributed by atoms with E-state index < -0.39 is 0 Å². The molecule has 0 aromatic carbocycles. The molecule has 0 saturated heterocycles. The van der Waals surface area contributed by atoms with Crippen LogP contribution in [0.3, 0.4) is 0 Å². The van der Waals surface area contributed by atoms with Crippen molar-refractivity contribution in [1.29, 1.82) is 5.41 Å². The zero-order valence-electron chi connectivity index (χ0n) is 5.44. The number of carbonyl (C=O) groups excluding carboxylic acids is 1. The number of carbonyl (C=O) groups is 1. The lowest BCUT2D eigenvalue weighted by Crippen LogP contribution is -2.08. The lowest BCUT2D eigenvalue weighted by Gasteiger charge is -1.91. The molecule has 0 spiro atoms. The predicted octanol–water partition coefficient (Wildman–Crippen LogP) is 1.54. The Labute approximate surface area is 54.8 Å². The van der Waals surface area contributed by atoms with Crippen LogP contribution in [0.4, 0.5) is 0 Å². The Bertz CT molecular complexity index is 124. The third-order valence-corrected chi connectivity index (χ3v) is 1.67. The normalized spacial score (nSPS) is 21.8. The van der Waals surface area contributed by atoms with Crippen LogP contribution in [-0.4, -0.2) is 11.5 Å². The van der Waals surface area contributed by atoms with Crippen molar-refractivity contribution in [1.82, 2.24) is 0 Å². The summed E-state index contributed by atoms with van der Waals surface area (Å²) in [4.78, 5) is 10.8. The van der Waals surface area contributed by atoms with Gasteiger partial charge in [0.25, 0.3) is 0 Å². The molecule has 0 aromatic rings. The van der Waals surface area contributed by atoms with Gasteiger partial charge in [-0.2, -0.15) is 0 Å². The molecule has 0 unspecified atom stereocenters. The van der Waals surface area contributed by atoms with E-state index >= 15 is 0 Å². The minimum Gasteiger partial charge on any atom is -0.302 e. The lowest BCUT2D eigenvalue weighted by atomic mass is 10.1. The van der Waals surface area contributed by atoms with Gasteiger partial charge in [0.05, 0.1) is 5.71 Å². The molecule has 1 aliphatic rings. The van der Waals surface area contributed by atoms with E-state index in [1.165, 1.54) is 0 Å². The first-order valence-electron chi connectivity index (χ1n) is 3.41. The van der Waals surface area contributed by atoms with Crippen molar-refractivity contribution in [3.63, 3.8) is 0 Å². The summed E-state index contributed by atoms with van der Waals surface area (Å²) in [5.41, 5.74) is 0.340. The van der Waals surface area contributed by atoms with Crippen molar-refractivity contribution in [2.24, 2.45) is 0 Å². The number of hydrogen-bond donors (Lipinski definition) is 1. The fraction of sp³-hybridized carbons (Fsp3) is 0.714. The molecule has 2 heteroatoms. The van der Waals surface area contributed by atoms with E-state index in [9.17, 15) is 4.79 Å². The molecule has 1 aliphatic carbocycles. The summed E-state index contributed by atoms with van der Waals surface area (Å²) < 4.78 is 0. The van der Waals surface area contributed by atoms with Crippen molar-refractivity contribution in [2.75, 3.05) is 0 Å². The highest BCUT2D eigenvalue weighted by molar-refractivity contribution is 6.38. The van der Waals surface area contributed by atoms with Crippen LogP contribution >= 0.6 is 0 Å². The monoisotopic (exact) mass is 125 g/mol. The summed E-state index contributed by atoms with van der Waals surface area (Å²) in [6, 6.07) is 0. The highest BCUT2D eigenvalue weighted by Gasteiger charge is 2.11. The molecular weight excluding hydrogens is 114 g/mol. The van der Waals surface area contributed by atoms with Gasteiger partial charge in [-0.25, -0.2) is 0 Å². The van der Waals surface area contributed by atoms with Gasteiger partial charge in [0.1, 0.15) is 0 Å². The Kier molecular flexibility index (Phi) is 1.98. The van der Waals surface area contributed by atoms with Crippen LogP contribution in [0.15, 0.2) is 0 Å². The van der Waals surface area contributed by atoms with Crippen molar-refractivity contribution in [2.45, 2.75) is 32.1 Å². The predicted molar refractivity (Wildman–Crippen MR) is 35.8 cm³/mol. The summed E-state index contributed by atoms with van der Waals surface area (Å²) in [7, 11) is 0. The molecule has 50 valence electrons. The third-order valence-electron chi connectivity index (χ3n) is 1.67. The first-order valence-corrected chi connectivity index (χ1v) is 3.41. The number of nitrogens with one attached hydrogen (secondary N) is 1. The van der Waals surface area contributed by atoms with E-state index in [-0.39, 0.29) is 5.78 Å². The molecule has 0 aliphatic heterocycles. The van der Waals surface area contributed by atoms with Crippen LogP contribution in [0, 0.1) is 5.41 Å². The summed E-state index contributed by atoms with van der Waals surface area (Å²) in [6.07, 6.45) is 4.46. The first kappa shape index (κ1) is 6.46. The van der Waals surface area contributed by atoms with Crippen LogP contribution in [0.1, 0.15) is 32.1 Å². The largest absolute Gasteiger partial charge is 0.302 e. The molecule has 1 saturated carbocycles. The molecule has 9 heavy (non-hydrogen) atoms. The molecule has 0 heterocycles. The SMILES string of the molecule is N=C1CCCCCC1=O. The lowest BCUT2D eigenvalue weighted by molar-refractivity contribution is -0.113. The van der Waals surface area contributed by atoms with Gasteiger partial charge in [-0.1, -0.05) is 6.42 Å². The Morgan fingerprint density at radius 3 is 2.56 bits per heavy atom. The molecule has 0 amide bonds. The van der Waals surface area contributed by atoms with Crippen molar-refractivity contribution < 1.29 is 4.79 Å². The minimum atomic E-state index is 0.0625. The van der Waals surface area contributed by atoms with E-state index in [1.807, 2.05) is 0 Å². The van der Waals surface area contributed by atoms with Gasteiger partial charge in [0, 0.05) is 6.42 Å². The molecular formula is C7H11NO. The average Bonchev–Trinajstić information content (AvgIpc) is 1.99. The zero-order chi connectivity index (χ0) is 6.69. The van der Waals surface area contributed by atoms with Gasteiger partial charge in [-0.05, 0) is 19.3 Å². The number of Topliss-reactive ketones (excluding diaryl/α,β-unsaturated/α-hetero) is 1. The van der Waals surface area contributed by atoms with E-state index in [0.29, 0.717) is 18.6 Å². The minimum absolute atomic E-state index is 0.0625. The Hall–Kier alpha value is -0.660. The maximum absolute atomic E-state index is 10.8.